The SMILES string of the molecule is CC12CCC(=NOCCC(N)=O)C=C1CCC1C2CCC2(C)C(O)CCC12. The summed E-state index contributed by atoms with van der Waals surface area (Å²) in [5.74, 6) is 1.83. The van der Waals surface area contributed by atoms with Crippen molar-refractivity contribution in [3.05, 3.63) is 11.6 Å². The predicted molar refractivity (Wildman–Crippen MR) is 105 cm³/mol. The molecule has 3 saturated carbocycles. The lowest BCUT2D eigenvalue weighted by atomic mass is 9.47. The minimum absolute atomic E-state index is 0.101. The molecule has 5 nitrogen and oxygen atoms in total. The van der Waals surface area contributed by atoms with Gasteiger partial charge in [0.2, 0.25) is 5.91 Å². The number of aliphatic hydroxyl groups is 1. The van der Waals surface area contributed by atoms with Crippen LogP contribution in [0.2, 0.25) is 0 Å². The molecule has 5 heteroatoms. The van der Waals surface area contributed by atoms with E-state index >= 15 is 0 Å². The van der Waals surface area contributed by atoms with Gasteiger partial charge in [0.15, 0.2) is 0 Å². The molecule has 0 aromatic carbocycles. The summed E-state index contributed by atoms with van der Waals surface area (Å²) in [6.45, 7) is 5.06. The first-order valence-corrected chi connectivity index (χ1v) is 10.7. The molecule has 0 saturated heterocycles. The molecule has 0 radical (unpaired) electrons. The maximum atomic E-state index is 10.8. The Kier molecular flexibility index (Phi) is 4.86. The number of carbonyl (C=O) groups is 1. The Labute approximate surface area is 162 Å². The van der Waals surface area contributed by atoms with Crippen LogP contribution in [0.25, 0.3) is 0 Å². The molecule has 1 amide bonds. The fourth-order valence-electron chi connectivity index (χ4n) is 6.89. The van der Waals surface area contributed by atoms with Crippen LogP contribution in [-0.2, 0) is 9.63 Å². The number of carbonyl (C=O) groups excluding carboxylic acids is 1. The first-order chi connectivity index (χ1) is 12.8. The summed E-state index contributed by atoms with van der Waals surface area (Å²) in [6, 6.07) is 0. The number of allylic oxidation sites excluding steroid dienone is 2. The highest BCUT2D eigenvalue weighted by Crippen LogP contribution is 2.65. The van der Waals surface area contributed by atoms with Crippen molar-refractivity contribution in [3.8, 4) is 0 Å². The lowest BCUT2D eigenvalue weighted by molar-refractivity contribution is -0.119. The zero-order valence-electron chi connectivity index (χ0n) is 16.7. The first-order valence-electron chi connectivity index (χ1n) is 10.7. The molecule has 3 N–H and O–H groups in total. The highest BCUT2D eigenvalue weighted by molar-refractivity contribution is 5.96. The summed E-state index contributed by atoms with van der Waals surface area (Å²) < 4.78 is 0. The molecule has 4 rings (SSSR count). The van der Waals surface area contributed by atoms with Gasteiger partial charge in [-0.05, 0) is 86.0 Å². The standard InChI is InChI=1S/C22H34N2O3/c1-21-10-7-15(24-27-12-9-20(23)26)13-14(21)3-4-16-17-5-6-19(25)22(17,2)11-8-18(16)21/h13,16-19,25H,3-12H2,1-2H3,(H2,23,26). The Bertz CT molecular complexity index is 672. The van der Waals surface area contributed by atoms with Crippen LogP contribution in [0.1, 0.15) is 71.6 Å². The number of aliphatic hydroxyl groups excluding tert-OH is 1. The van der Waals surface area contributed by atoms with Gasteiger partial charge in [-0.25, -0.2) is 0 Å². The molecule has 6 unspecified atom stereocenters. The molecule has 0 bridgehead atoms. The van der Waals surface area contributed by atoms with E-state index in [1.54, 1.807) is 0 Å². The van der Waals surface area contributed by atoms with E-state index in [-0.39, 0.29) is 35.9 Å². The molecular weight excluding hydrogens is 340 g/mol. The molecule has 0 aromatic heterocycles. The fourth-order valence-corrected chi connectivity index (χ4v) is 6.89. The largest absolute Gasteiger partial charge is 0.395 e. The minimum Gasteiger partial charge on any atom is -0.395 e. The Morgan fingerprint density at radius 2 is 2.04 bits per heavy atom. The van der Waals surface area contributed by atoms with Crippen LogP contribution >= 0.6 is 0 Å². The molecule has 150 valence electrons. The average molecular weight is 375 g/mol. The first kappa shape index (κ1) is 19.0. The van der Waals surface area contributed by atoms with Crippen molar-refractivity contribution in [1.82, 2.24) is 0 Å². The van der Waals surface area contributed by atoms with Crippen molar-refractivity contribution in [2.24, 2.45) is 39.5 Å². The third-order valence-corrected chi connectivity index (χ3v) is 8.55. The van der Waals surface area contributed by atoms with Gasteiger partial charge in [-0.15, -0.1) is 0 Å². The summed E-state index contributed by atoms with van der Waals surface area (Å²) in [7, 11) is 0. The van der Waals surface area contributed by atoms with E-state index in [0.29, 0.717) is 5.92 Å². The van der Waals surface area contributed by atoms with Crippen LogP contribution in [0, 0.1) is 28.6 Å². The topological polar surface area (TPSA) is 84.9 Å². The summed E-state index contributed by atoms with van der Waals surface area (Å²) in [4.78, 5) is 16.1. The third kappa shape index (κ3) is 3.12. The number of amides is 1. The van der Waals surface area contributed by atoms with Crippen LogP contribution in [0.5, 0.6) is 0 Å². The Morgan fingerprint density at radius 3 is 2.81 bits per heavy atom. The zero-order chi connectivity index (χ0) is 19.2. The molecule has 4 aliphatic rings. The molecule has 0 spiro atoms. The summed E-state index contributed by atoms with van der Waals surface area (Å²) >= 11 is 0. The van der Waals surface area contributed by atoms with Gasteiger partial charge in [0, 0.05) is 0 Å². The highest BCUT2D eigenvalue weighted by atomic mass is 16.6. The van der Waals surface area contributed by atoms with Gasteiger partial charge < -0.3 is 15.7 Å². The highest BCUT2D eigenvalue weighted by Gasteiger charge is 2.58. The van der Waals surface area contributed by atoms with Crippen LogP contribution in [0.4, 0.5) is 0 Å². The van der Waals surface area contributed by atoms with Crippen molar-refractivity contribution in [1.29, 1.82) is 0 Å². The molecule has 6 atom stereocenters. The lowest BCUT2D eigenvalue weighted by Crippen LogP contribution is -2.51. The van der Waals surface area contributed by atoms with E-state index < -0.39 is 0 Å². The van der Waals surface area contributed by atoms with Gasteiger partial charge in [-0.1, -0.05) is 24.6 Å². The Balaban J connectivity index is 1.50. The van der Waals surface area contributed by atoms with E-state index in [1.807, 2.05) is 0 Å². The monoisotopic (exact) mass is 374 g/mol. The van der Waals surface area contributed by atoms with Crippen LogP contribution < -0.4 is 5.73 Å². The van der Waals surface area contributed by atoms with Gasteiger partial charge in [0.05, 0.1) is 18.2 Å². The number of hydrogen-bond acceptors (Lipinski definition) is 4. The zero-order valence-corrected chi connectivity index (χ0v) is 16.7. The number of nitrogens with zero attached hydrogens (tertiary/aromatic N) is 1. The van der Waals surface area contributed by atoms with Gasteiger partial charge in [0.1, 0.15) is 6.61 Å². The second-order valence-electron chi connectivity index (χ2n) is 9.77. The van der Waals surface area contributed by atoms with E-state index in [1.165, 1.54) is 31.3 Å². The molecule has 3 fully saturated rings. The summed E-state index contributed by atoms with van der Waals surface area (Å²) in [5.41, 5.74) is 8.09. The van der Waals surface area contributed by atoms with Crippen molar-refractivity contribution in [2.45, 2.75) is 77.7 Å². The van der Waals surface area contributed by atoms with Gasteiger partial charge >= 0.3 is 0 Å². The number of rotatable bonds is 4. The maximum Gasteiger partial charge on any atom is 0.220 e. The average Bonchev–Trinajstić information content (AvgIpc) is 2.94. The van der Waals surface area contributed by atoms with Gasteiger partial charge in [-0.3, -0.25) is 4.79 Å². The molecule has 0 heterocycles. The quantitative estimate of drug-likeness (QED) is 0.583. The molecule has 27 heavy (non-hydrogen) atoms. The molecular formula is C22H34N2O3. The molecule has 0 aliphatic heterocycles. The Hall–Kier alpha value is -1.36. The summed E-state index contributed by atoms with van der Waals surface area (Å²) in [5, 5.41) is 14.8. The number of hydrogen-bond donors (Lipinski definition) is 2. The van der Waals surface area contributed by atoms with Crippen molar-refractivity contribution >= 4 is 11.6 Å². The third-order valence-electron chi connectivity index (χ3n) is 8.55. The minimum atomic E-state index is -0.357. The van der Waals surface area contributed by atoms with E-state index in [2.05, 4.69) is 25.1 Å². The van der Waals surface area contributed by atoms with Crippen molar-refractivity contribution in [3.63, 3.8) is 0 Å². The van der Waals surface area contributed by atoms with E-state index in [4.69, 9.17) is 10.6 Å². The number of oxime groups is 1. The fraction of sp³-hybridized carbons (Fsp3) is 0.818. The summed E-state index contributed by atoms with van der Waals surface area (Å²) in [6.07, 6.45) is 11.4. The number of nitrogens with two attached hydrogens (primary N) is 1. The van der Waals surface area contributed by atoms with Crippen molar-refractivity contribution < 1.29 is 14.7 Å². The normalized spacial score (nSPS) is 44.9. The number of fused-ring (bicyclic) bond motifs is 5. The lowest BCUT2D eigenvalue weighted by Gasteiger charge is -2.57. The van der Waals surface area contributed by atoms with Gasteiger partial charge in [0.25, 0.3) is 0 Å². The van der Waals surface area contributed by atoms with Crippen LogP contribution in [-0.4, -0.2) is 29.4 Å². The van der Waals surface area contributed by atoms with E-state index in [0.717, 1.165) is 43.2 Å². The predicted octanol–water partition coefficient (Wildman–Crippen LogP) is 3.56. The number of primary amides is 1. The Morgan fingerprint density at radius 1 is 1.22 bits per heavy atom. The maximum absolute atomic E-state index is 10.8. The second kappa shape index (κ2) is 6.91. The molecule has 0 aromatic rings. The van der Waals surface area contributed by atoms with Crippen LogP contribution in [0.3, 0.4) is 0 Å². The van der Waals surface area contributed by atoms with Gasteiger partial charge in [-0.2, -0.15) is 0 Å². The smallest absolute Gasteiger partial charge is 0.220 e. The van der Waals surface area contributed by atoms with Crippen LogP contribution in [0.15, 0.2) is 16.8 Å². The molecule has 4 aliphatic carbocycles. The van der Waals surface area contributed by atoms with Crippen molar-refractivity contribution in [2.75, 3.05) is 6.61 Å². The van der Waals surface area contributed by atoms with E-state index in [9.17, 15) is 9.90 Å². The second-order valence-corrected chi connectivity index (χ2v) is 9.77.